The van der Waals surface area contributed by atoms with Gasteiger partial charge >= 0.3 is 0 Å². The molecular formula is C13H19BrO. The van der Waals surface area contributed by atoms with Gasteiger partial charge in [-0.05, 0) is 43.4 Å². The molecule has 0 N–H and O–H groups in total. The first kappa shape index (κ1) is 12.6. The summed E-state index contributed by atoms with van der Waals surface area (Å²) in [5.41, 5.74) is 1.20. The van der Waals surface area contributed by atoms with E-state index in [4.69, 9.17) is 4.74 Å². The van der Waals surface area contributed by atoms with Crippen molar-refractivity contribution in [3.05, 3.63) is 28.2 Å². The Hall–Kier alpha value is -0.500. The molecule has 1 rings (SSSR count). The van der Waals surface area contributed by atoms with Gasteiger partial charge < -0.3 is 4.74 Å². The summed E-state index contributed by atoms with van der Waals surface area (Å²) in [6, 6.07) is 6.14. The third kappa shape index (κ3) is 4.70. The number of ether oxygens (including phenoxy) is 1. The van der Waals surface area contributed by atoms with Crippen LogP contribution in [0.15, 0.2) is 22.7 Å². The van der Waals surface area contributed by atoms with Gasteiger partial charge in [-0.25, -0.2) is 0 Å². The summed E-state index contributed by atoms with van der Waals surface area (Å²) in [6.07, 6.45) is 2.36. The van der Waals surface area contributed by atoms with Gasteiger partial charge in [-0.2, -0.15) is 0 Å². The highest BCUT2D eigenvalue weighted by atomic mass is 79.9. The van der Waals surface area contributed by atoms with E-state index in [2.05, 4.69) is 42.8 Å². The minimum Gasteiger partial charge on any atom is -0.493 e. The fraction of sp³-hybridized carbons (Fsp3) is 0.538. The maximum Gasteiger partial charge on any atom is 0.123 e. The molecule has 0 fully saturated rings. The van der Waals surface area contributed by atoms with Crippen molar-refractivity contribution in [3.8, 4) is 5.75 Å². The second-order valence-corrected chi connectivity index (χ2v) is 5.21. The van der Waals surface area contributed by atoms with E-state index in [0.717, 1.165) is 29.2 Å². The van der Waals surface area contributed by atoms with Crippen molar-refractivity contribution in [2.75, 3.05) is 6.61 Å². The van der Waals surface area contributed by atoms with E-state index in [-0.39, 0.29) is 0 Å². The molecule has 0 aromatic heterocycles. The second-order valence-electron chi connectivity index (χ2n) is 4.29. The van der Waals surface area contributed by atoms with Crippen molar-refractivity contribution >= 4 is 15.9 Å². The Bertz CT molecular complexity index is 307. The largest absolute Gasteiger partial charge is 0.493 e. The van der Waals surface area contributed by atoms with Crippen LogP contribution in [0, 0.1) is 12.8 Å². The number of rotatable bonds is 5. The van der Waals surface area contributed by atoms with Gasteiger partial charge in [0, 0.05) is 4.47 Å². The molecule has 0 aliphatic heterocycles. The molecule has 0 spiro atoms. The molecular weight excluding hydrogens is 252 g/mol. The lowest BCUT2D eigenvalue weighted by molar-refractivity contribution is 0.296. The molecule has 2 heteroatoms. The Labute approximate surface area is 101 Å². The van der Waals surface area contributed by atoms with Crippen LogP contribution in [0.3, 0.4) is 0 Å². The van der Waals surface area contributed by atoms with Gasteiger partial charge in [-0.3, -0.25) is 0 Å². The summed E-state index contributed by atoms with van der Waals surface area (Å²) < 4.78 is 6.81. The summed E-state index contributed by atoms with van der Waals surface area (Å²) in [5, 5.41) is 0. The average molecular weight is 271 g/mol. The maximum absolute atomic E-state index is 5.74. The van der Waals surface area contributed by atoms with Gasteiger partial charge in [0.2, 0.25) is 0 Å². The zero-order valence-corrected chi connectivity index (χ0v) is 11.3. The summed E-state index contributed by atoms with van der Waals surface area (Å²) in [5.74, 6) is 1.75. The number of hydrogen-bond donors (Lipinski definition) is 0. The summed E-state index contributed by atoms with van der Waals surface area (Å²) in [6.45, 7) is 7.37. The van der Waals surface area contributed by atoms with E-state index in [1.165, 1.54) is 12.0 Å². The highest BCUT2D eigenvalue weighted by molar-refractivity contribution is 9.10. The lowest BCUT2D eigenvalue weighted by atomic mass is 10.1. The molecule has 0 aliphatic rings. The van der Waals surface area contributed by atoms with Crippen LogP contribution < -0.4 is 4.74 Å². The number of halogens is 1. The lowest BCUT2D eigenvalue weighted by Crippen LogP contribution is -2.00. The molecule has 0 atom stereocenters. The molecule has 1 aromatic rings. The lowest BCUT2D eigenvalue weighted by Gasteiger charge is -2.10. The van der Waals surface area contributed by atoms with Crippen molar-refractivity contribution in [1.82, 2.24) is 0 Å². The van der Waals surface area contributed by atoms with Crippen LogP contribution in [0.25, 0.3) is 0 Å². The van der Waals surface area contributed by atoms with Gasteiger partial charge in [0.05, 0.1) is 6.61 Å². The minimum absolute atomic E-state index is 0.761. The Morgan fingerprint density at radius 3 is 2.73 bits per heavy atom. The van der Waals surface area contributed by atoms with Crippen LogP contribution in [-0.2, 0) is 0 Å². The standard InChI is InChI=1S/C13H19BrO/c1-10(2)5-4-8-15-13-9-12(14)7-6-11(13)3/h6-7,9-10H,4-5,8H2,1-3H3. The summed E-state index contributed by atoms with van der Waals surface area (Å²) in [4.78, 5) is 0. The topological polar surface area (TPSA) is 9.23 Å². The van der Waals surface area contributed by atoms with Crippen LogP contribution in [-0.4, -0.2) is 6.61 Å². The van der Waals surface area contributed by atoms with Gasteiger partial charge in [0.1, 0.15) is 5.75 Å². The van der Waals surface area contributed by atoms with Crippen LogP contribution in [0.1, 0.15) is 32.3 Å². The fourth-order valence-electron chi connectivity index (χ4n) is 1.40. The first-order valence-electron chi connectivity index (χ1n) is 5.48. The van der Waals surface area contributed by atoms with Crippen LogP contribution in [0.2, 0.25) is 0 Å². The van der Waals surface area contributed by atoms with Gasteiger partial charge in [-0.1, -0.05) is 35.8 Å². The zero-order chi connectivity index (χ0) is 11.3. The first-order valence-corrected chi connectivity index (χ1v) is 6.28. The van der Waals surface area contributed by atoms with Gasteiger partial charge in [0.25, 0.3) is 0 Å². The Kier molecular flexibility index (Phi) is 5.16. The molecule has 0 aliphatic carbocycles. The van der Waals surface area contributed by atoms with Crippen molar-refractivity contribution in [2.24, 2.45) is 5.92 Å². The monoisotopic (exact) mass is 270 g/mol. The van der Waals surface area contributed by atoms with E-state index in [1.54, 1.807) is 0 Å². The summed E-state index contributed by atoms with van der Waals surface area (Å²) >= 11 is 3.45. The Morgan fingerprint density at radius 2 is 2.07 bits per heavy atom. The predicted octanol–water partition coefficient (Wildman–Crippen LogP) is 4.57. The molecule has 0 bridgehead atoms. The molecule has 0 amide bonds. The van der Waals surface area contributed by atoms with E-state index in [0.29, 0.717) is 0 Å². The third-order valence-electron chi connectivity index (χ3n) is 2.33. The molecule has 1 aromatic carbocycles. The maximum atomic E-state index is 5.74. The summed E-state index contributed by atoms with van der Waals surface area (Å²) in [7, 11) is 0. The van der Waals surface area contributed by atoms with Crippen molar-refractivity contribution in [3.63, 3.8) is 0 Å². The van der Waals surface area contributed by atoms with E-state index >= 15 is 0 Å². The average Bonchev–Trinajstić information content (AvgIpc) is 2.17. The molecule has 15 heavy (non-hydrogen) atoms. The number of hydrogen-bond acceptors (Lipinski definition) is 1. The van der Waals surface area contributed by atoms with E-state index in [9.17, 15) is 0 Å². The third-order valence-corrected chi connectivity index (χ3v) is 2.83. The first-order chi connectivity index (χ1) is 7.09. The molecule has 0 unspecified atom stereocenters. The van der Waals surface area contributed by atoms with Crippen molar-refractivity contribution in [1.29, 1.82) is 0 Å². The molecule has 0 radical (unpaired) electrons. The number of aryl methyl sites for hydroxylation is 1. The highest BCUT2D eigenvalue weighted by Crippen LogP contribution is 2.23. The minimum atomic E-state index is 0.761. The highest BCUT2D eigenvalue weighted by Gasteiger charge is 2.00. The second kappa shape index (κ2) is 6.16. The molecule has 1 nitrogen and oxygen atoms in total. The zero-order valence-electron chi connectivity index (χ0n) is 9.72. The molecule has 0 heterocycles. The number of benzene rings is 1. The normalized spacial score (nSPS) is 10.7. The molecule has 0 saturated heterocycles. The van der Waals surface area contributed by atoms with Crippen molar-refractivity contribution < 1.29 is 4.74 Å². The van der Waals surface area contributed by atoms with Gasteiger partial charge in [0.15, 0.2) is 0 Å². The SMILES string of the molecule is Cc1ccc(Br)cc1OCCCC(C)C. The molecule has 0 saturated carbocycles. The van der Waals surface area contributed by atoms with E-state index in [1.807, 2.05) is 12.1 Å². The molecule has 84 valence electrons. The quantitative estimate of drug-likeness (QED) is 0.713. The Morgan fingerprint density at radius 1 is 1.33 bits per heavy atom. The van der Waals surface area contributed by atoms with Crippen LogP contribution >= 0.6 is 15.9 Å². The fourth-order valence-corrected chi connectivity index (χ4v) is 1.74. The Balaban J connectivity index is 2.40. The predicted molar refractivity (Wildman–Crippen MR) is 68.4 cm³/mol. The van der Waals surface area contributed by atoms with Crippen molar-refractivity contribution in [2.45, 2.75) is 33.6 Å². The van der Waals surface area contributed by atoms with E-state index < -0.39 is 0 Å². The van der Waals surface area contributed by atoms with Crippen LogP contribution in [0.5, 0.6) is 5.75 Å². The smallest absolute Gasteiger partial charge is 0.123 e. The van der Waals surface area contributed by atoms with Crippen LogP contribution in [0.4, 0.5) is 0 Å². The van der Waals surface area contributed by atoms with Gasteiger partial charge in [-0.15, -0.1) is 0 Å².